The topological polar surface area (TPSA) is 59.0 Å². The Morgan fingerprint density at radius 3 is 2.56 bits per heavy atom. The predicted molar refractivity (Wildman–Crippen MR) is 74.4 cm³/mol. The molecule has 1 aromatic carbocycles. The van der Waals surface area contributed by atoms with Crippen LogP contribution in [0.15, 0.2) is 18.2 Å². The van der Waals surface area contributed by atoms with E-state index in [4.69, 9.17) is 15.7 Å². The van der Waals surface area contributed by atoms with Gasteiger partial charge < -0.3 is 10.5 Å². The first-order valence-corrected chi connectivity index (χ1v) is 6.70. The Morgan fingerprint density at radius 1 is 1.17 bits per heavy atom. The van der Waals surface area contributed by atoms with Crippen molar-refractivity contribution in [2.45, 2.75) is 45.4 Å². The van der Waals surface area contributed by atoms with Gasteiger partial charge in [0.2, 0.25) is 0 Å². The highest BCUT2D eigenvalue weighted by molar-refractivity contribution is 5.56. The van der Waals surface area contributed by atoms with Gasteiger partial charge in [-0.15, -0.1) is 0 Å². The van der Waals surface area contributed by atoms with E-state index in [-0.39, 0.29) is 0 Å². The van der Waals surface area contributed by atoms with Crippen molar-refractivity contribution < 1.29 is 4.74 Å². The molecule has 3 nitrogen and oxygen atoms in total. The third-order valence-corrected chi connectivity index (χ3v) is 2.91. The smallest absolute Gasteiger partial charge is 0.121 e. The molecule has 0 aliphatic carbocycles. The largest absolute Gasteiger partial charge is 0.494 e. The first kappa shape index (κ1) is 14.4. The molecule has 0 aromatic heterocycles. The van der Waals surface area contributed by atoms with Crippen LogP contribution in [-0.2, 0) is 0 Å². The van der Waals surface area contributed by atoms with Crippen molar-refractivity contribution >= 4 is 5.69 Å². The zero-order valence-corrected chi connectivity index (χ0v) is 11.1. The molecule has 0 aliphatic heterocycles. The summed E-state index contributed by atoms with van der Waals surface area (Å²) in [5.74, 6) is 0.750. The molecule has 0 atom stereocenters. The van der Waals surface area contributed by atoms with Crippen molar-refractivity contribution in [3.05, 3.63) is 23.8 Å². The number of nitrogen functional groups attached to an aromatic ring is 1. The Balaban J connectivity index is 2.20. The van der Waals surface area contributed by atoms with Crippen molar-refractivity contribution in [3.8, 4) is 11.8 Å². The summed E-state index contributed by atoms with van der Waals surface area (Å²) in [4.78, 5) is 0. The highest BCUT2D eigenvalue weighted by Gasteiger charge is 2.00. The number of hydrogen-bond acceptors (Lipinski definition) is 3. The van der Waals surface area contributed by atoms with Gasteiger partial charge in [-0.2, -0.15) is 5.26 Å². The average molecular weight is 246 g/mol. The zero-order valence-electron chi connectivity index (χ0n) is 11.1. The molecule has 0 heterocycles. The summed E-state index contributed by atoms with van der Waals surface area (Å²) < 4.78 is 5.60. The lowest BCUT2D eigenvalue weighted by atomic mass is 10.1. The Kier molecular flexibility index (Phi) is 6.71. The van der Waals surface area contributed by atoms with Gasteiger partial charge >= 0.3 is 0 Å². The van der Waals surface area contributed by atoms with E-state index in [1.807, 2.05) is 6.07 Å². The molecule has 18 heavy (non-hydrogen) atoms. The summed E-state index contributed by atoms with van der Waals surface area (Å²) in [7, 11) is 0. The van der Waals surface area contributed by atoms with E-state index in [2.05, 4.69) is 6.92 Å². The Morgan fingerprint density at radius 2 is 1.89 bits per heavy atom. The Hall–Kier alpha value is -1.69. The van der Waals surface area contributed by atoms with Gasteiger partial charge in [0.25, 0.3) is 0 Å². The summed E-state index contributed by atoms with van der Waals surface area (Å²) in [5.41, 5.74) is 6.70. The van der Waals surface area contributed by atoms with E-state index in [0.29, 0.717) is 11.3 Å². The van der Waals surface area contributed by atoms with Crippen LogP contribution in [0.25, 0.3) is 0 Å². The number of nitrogens with zero attached hydrogens (tertiary/aromatic N) is 1. The number of ether oxygens (including phenoxy) is 1. The second-order valence-corrected chi connectivity index (χ2v) is 4.48. The second kappa shape index (κ2) is 8.41. The molecule has 2 N–H and O–H groups in total. The minimum absolute atomic E-state index is 0.484. The van der Waals surface area contributed by atoms with Gasteiger partial charge in [0.15, 0.2) is 0 Å². The molecule has 3 heteroatoms. The van der Waals surface area contributed by atoms with Gasteiger partial charge in [-0.3, -0.25) is 0 Å². The fourth-order valence-corrected chi connectivity index (χ4v) is 1.80. The lowest BCUT2D eigenvalue weighted by Gasteiger charge is -2.07. The SMILES string of the molecule is CCCCCCCCOc1ccc(C#N)c(N)c1. The number of benzene rings is 1. The Labute approximate surface area is 110 Å². The monoisotopic (exact) mass is 246 g/mol. The van der Waals surface area contributed by atoms with Crippen LogP contribution in [0.5, 0.6) is 5.75 Å². The van der Waals surface area contributed by atoms with Crippen LogP contribution in [0.1, 0.15) is 51.0 Å². The molecule has 0 unspecified atom stereocenters. The fourth-order valence-electron chi connectivity index (χ4n) is 1.80. The Bertz CT molecular complexity index is 396. The maximum atomic E-state index is 8.76. The van der Waals surface area contributed by atoms with Gasteiger partial charge in [0.05, 0.1) is 17.9 Å². The first-order chi connectivity index (χ1) is 8.77. The quantitative estimate of drug-likeness (QED) is 0.559. The van der Waals surface area contributed by atoms with E-state index in [1.54, 1.807) is 18.2 Å². The molecule has 0 amide bonds. The molecule has 0 saturated heterocycles. The standard InChI is InChI=1S/C15H22N2O/c1-2-3-4-5-6-7-10-18-14-9-8-13(12-16)15(17)11-14/h8-9,11H,2-7,10,17H2,1H3. The van der Waals surface area contributed by atoms with Crippen molar-refractivity contribution in [2.24, 2.45) is 0 Å². The highest BCUT2D eigenvalue weighted by Crippen LogP contribution is 2.19. The van der Waals surface area contributed by atoms with Gasteiger partial charge in [0, 0.05) is 6.07 Å². The maximum Gasteiger partial charge on any atom is 0.121 e. The molecule has 0 radical (unpaired) electrons. The highest BCUT2D eigenvalue weighted by atomic mass is 16.5. The summed E-state index contributed by atoms with van der Waals surface area (Å²) >= 11 is 0. The molecule has 1 rings (SSSR count). The van der Waals surface area contributed by atoms with Crippen molar-refractivity contribution in [3.63, 3.8) is 0 Å². The number of rotatable bonds is 8. The van der Waals surface area contributed by atoms with E-state index in [0.717, 1.165) is 18.8 Å². The molecule has 0 saturated carbocycles. The molecule has 98 valence electrons. The predicted octanol–water partition coefficient (Wildman–Crippen LogP) is 3.88. The van der Waals surface area contributed by atoms with E-state index in [1.165, 1.54) is 32.1 Å². The first-order valence-electron chi connectivity index (χ1n) is 6.70. The molecular weight excluding hydrogens is 224 g/mol. The third-order valence-electron chi connectivity index (χ3n) is 2.91. The van der Waals surface area contributed by atoms with E-state index in [9.17, 15) is 0 Å². The average Bonchev–Trinajstić information content (AvgIpc) is 2.38. The van der Waals surface area contributed by atoms with E-state index < -0.39 is 0 Å². The molecule has 1 aromatic rings. The number of anilines is 1. The summed E-state index contributed by atoms with van der Waals surface area (Å²) in [5, 5.41) is 8.76. The lowest BCUT2D eigenvalue weighted by Crippen LogP contribution is -1.99. The molecule has 0 aliphatic rings. The van der Waals surface area contributed by atoms with E-state index >= 15 is 0 Å². The normalized spacial score (nSPS) is 10.0. The molecule has 0 spiro atoms. The van der Waals surface area contributed by atoms with Crippen LogP contribution in [0, 0.1) is 11.3 Å². The third kappa shape index (κ3) is 5.09. The van der Waals surface area contributed by atoms with Crippen molar-refractivity contribution in [1.82, 2.24) is 0 Å². The van der Waals surface area contributed by atoms with Crippen LogP contribution >= 0.6 is 0 Å². The van der Waals surface area contributed by atoms with Crippen LogP contribution in [0.3, 0.4) is 0 Å². The molecule has 0 bridgehead atoms. The van der Waals surface area contributed by atoms with Crippen molar-refractivity contribution in [1.29, 1.82) is 5.26 Å². The lowest BCUT2D eigenvalue weighted by molar-refractivity contribution is 0.304. The number of nitriles is 1. The molecular formula is C15H22N2O. The zero-order chi connectivity index (χ0) is 13.2. The fraction of sp³-hybridized carbons (Fsp3) is 0.533. The number of hydrogen-bond donors (Lipinski definition) is 1. The minimum atomic E-state index is 0.484. The second-order valence-electron chi connectivity index (χ2n) is 4.48. The summed E-state index contributed by atoms with van der Waals surface area (Å²) in [6, 6.07) is 7.25. The van der Waals surface area contributed by atoms with Crippen LogP contribution in [0.4, 0.5) is 5.69 Å². The minimum Gasteiger partial charge on any atom is -0.494 e. The van der Waals surface area contributed by atoms with Crippen LogP contribution in [-0.4, -0.2) is 6.61 Å². The number of unbranched alkanes of at least 4 members (excludes halogenated alkanes) is 5. The van der Waals surface area contributed by atoms with Crippen LogP contribution < -0.4 is 10.5 Å². The number of nitrogens with two attached hydrogens (primary N) is 1. The van der Waals surface area contributed by atoms with Gasteiger partial charge in [-0.1, -0.05) is 39.0 Å². The summed E-state index contributed by atoms with van der Waals surface area (Å²) in [6.07, 6.45) is 7.50. The maximum absolute atomic E-state index is 8.76. The van der Waals surface area contributed by atoms with Crippen LogP contribution in [0.2, 0.25) is 0 Å². The van der Waals surface area contributed by atoms with Gasteiger partial charge in [-0.05, 0) is 18.6 Å². The van der Waals surface area contributed by atoms with Gasteiger partial charge in [-0.25, -0.2) is 0 Å². The van der Waals surface area contributed by atoms with Gasteiger partial charge in [0.1, 0.15) is 11.8 Å². The summed E-state index contributed by atoms with van der Waals surface area (Å²) in [6.45, 7) is 2.94. The van der Waals surface area contributed by atoms with Crippen molar-refractivity contribution in [2.75, 3.05) is 12.3 Å². The molecule has 0 fully saturated rings.